The molecule has 0 radical (unpaired) electrons. The van der Waals surface area contributed by atoms with Crippen molar-refractivity contribution in [3.05, 3.63) is 59.2 Å². The van der Waals surface area contributed by atoms with E-state index in [0.29, 0.717) is 33.9 Å². The molecule has 0 saturated carbocycles. The molecule has 122 valence electrons. The molecule has 0 aliphatic rings. The van der Waals surface area contributed by atoms with E-state index in [1.807, 2.05) is 6.07 Å². The molecule has 24 heavy (non-hydrogen) atoms. The highest BCUT2D eigenvalue weighted by atomic mass is 16.5. The molecule has 0 aliphatic carbocycles. The predicted octanol–water partition coefficient (Wildman–Crippen LogP) is 3.48. The molecule has 2 aromatic rings. The average Bonchev–Trinajstić information content (AvgIpc) is 2.65. The zero-order chi connectivity index (χ0) is 17.5. The van der Waals surface area contributed by atoms with Crippen LogP contribution in [-0.4, -0.2) is 27.1 Å². The molecular weight excluding hydrogens is 306 g/mol. The number of methoxy groups -OCH3 is 3. The smallest absolute Gasteiger partial charge is 0.185 e. The highest BCUT2D eigenvalue weighted by molar-refractivity contribution is 6.07. The van der Waals surface area contributed by atoms with Gasteiger partial charge in [0.1, 0.15) is 5.75 Å². The van der Waals surface area contributed by atoms with Crippen molar-refractivity contribution >= 4 is 11.9 Å². The van der Waals surface area contributed by atoms with Gasteiger partial charge < -0.3 is 14.2 Å². The SMILES string of the molecule is COc1cc(OC)c(OC)cc1/C=C/C(=O)c1ccc(C#N)cc1. The van der Waals surface area contributed by atoms with Gasteiger partial charge in [-0.1, -0.05) is 0 Å². The topological polar surface area (TPSA) is 68.6 Å². The highest BCUT2D eigenvalue weighted by Gasteiger charge is 2.10. The van der Waals surface area contributed by atoms with E-state index < -0.39 is 0 Å². The molecule has 0 spiro atoms. The van der Waals surface area contributed by atoms with Gasteiger partial charge in [-0.15, -0.1) is 0 Å². The van der Waals surface area contributed by atoms with Crippen LogP contribution < -0.4 is 14.2 Å². The summed E-state index contributed by atoms with van der Waals surface area (Å²) in [6, 6.07) is 11.9. The summed E-state index contributed by atoms with van der Waals surface area (Å²) in [7, 11) is 4.63. The van der Waals surface area contributed by atoms with Gasteiger partial charge in [0.2, 0.25) is 0 Å². The van der Waals surface area contributed by atoms with E-state index in [2.05, 4.69) is 0 Å². The van der Waals surface area contributed by atoms with E-state index in [1.165, 1.54) is 6.08 Å². The van der Waals surface area contributed by atoms with Crippen molar-refractivity contribution in [1.29, 1.82) is 5.26 Å². The first kappa shape index (κ1) is 17.1. The second kappa shape index (κ2) is 7.84. The number of allylic oxidation sites excluding steroid dienone is 1. The molecule has 2 rings (SSSR count). The van der Waals surface area contributed by atoms with Crippen LogP contribution in [0, 0.1) is 11.3 Å². The van der Waals surface area contributed by atoms with Gasteiger partial charge in [-0.3, -0.25) is 4.79 Å². The Balaban J connectivity index is 2.29. The maximum absolute atomic E-state index is 12.2. The van der Waals surface area contributed by atoms with Crippen molar-refractivity contribution in [1.82, 2.24) is 0 Å². The number of rotatable bonds is 6. The van der Waals surface area contributed by atoms with E-state index >= 15 is 0 Å². The largest absolute Gasteiger partial charge is 0.496 e. The molecule has 2 aromatic carbocycles. The van der Waals surface area contributed by atoms with E-state index in [9.17, 15) is 4.79 Å². The number of carbonyl (C=O) groups excluding carboxylic acids is 1. The molecule has 0 aromatic heterocycles. The minimum absolute atomic E-state index is 0.170. The number of hydrogen-bond acceptors (Lipinski definition) is 5. The van der Waals surface area contributed by atoms with E-state index in [-0.39, 0.29) is 5.78 Å². The van der Waals surface area contributed by atoms with E-state index in [1.54, 1.807) is 63.8 Å². The standard InChI is InChI=1S/C19H17NO4/c1-22-17-11-19(24-3)18(23-2)10-15(17)8-9-16(21)14-6-4-13(12-20)5-7-14/h4-11H,1-3H3/b9-8+. The predicted molar refractivity (Wildman–Crippen MR) is 90.6 cm³/mol. The lowest BCUT2D eigenvalue weighted by Gasteiger charge is -2.12. The third kappa shape index (κ3) is 3.73. The van der Waals surface area contributed by atoms with Crippen molar-refractivity contribution in [2.75, 3.05) is 21.3 Å². The Labute approximate surface area is 140 Å². The summed E-state index contributed by atoms with van der Waals surface area (Å²) in [5.74, 6) is 1.49. The van der Waals surface area contributed by atoms with Crippen molar-refractivity contribution in [3.8, 4) is 23.3 Å². The number of nitrogens with zero attached hydrogens (tertiary/aromatic N) is 1. The van der Waals surface area contributed by atoms with Crippen LogP contribution in [0.1, 0.15) is 21.5 Å². The lowest BCUT2D eigenvalue weighted by molar-refractivity contribution is 0.104. The van der Waals surface area contributed by atoms with Gasteiger partial charge in [-0.25, -0.2) is 0 Å². The summed E-state index contributed by atoms with van der Waals surface area (Å²) in [5.41, 5.74) is 1.71. The zero-order valence-electron chi connectivity index (χ0n) is 13.7. The summed E-state index contributed by atoms with van der Waals surface area (Å²) in [5, 5.41) is 8.78. The van der Waals surface area contributed by atoms with Crippen molar-refractivity contribution in [2.45, 2.75) is 0 Å². The maximum atomic E-state index is 12.2. The third-order valence-corrected chi connectivity index (χ3v) is 3.45. The molecular formula is C19H17NO4. The lowest BCUT2D eigenvalue weighted by Crippen LogP contribution is -1.96. The van der Waals surface area contributed by atoms with Gasteiger partial charge in [0.15, 0.2) is 17.3 Å². The second-order valence-electron chi connectivity index (χ2n) is 4.84. The number of benzene rings is 2. The minimum Gasteiger partial charge on any atom is -0.496 e. The van der Waals surface area contributed by atoms with Crippen LogP contribution in [0.2, 0.25) is 0 Å². The van der Waals surface area contributed by atoms with Crippen molar-refractivity contribution in [3.63, 3.8) is 0 Å². The quantitative estimate of drug-likeness (QED) is 0.601. The van der Waals surface area contributed by atoms with Crippen LogP contribution in [0.25, 0.3) is 6.08 Å². The van der Waals surface area contributed by atoms with Gasteiger partial charge in [-0.05, 0) is 42.5 Å². The van der Waals surface area contributed by atoms with Crippen LogP contribution in [0.15, 0.2) is 42.5 Å². The Hall–Kier alpha value is -3.26. The molecule has 0 aliphatic heterocycles. The molecule has 0 N–H and O–H groups in total. The first-order valence-electron chi connectivity index (χ1n) is 7.15. The third-order valence-electron chi connectivity index (χ3n) is 3.45. The molecule has 0 bridgehead atoms. The first-order valence-corrected chi connectivity index (χ1v) is 7.15. The molecule has 0 atom stereocenters. The fourth-order valence-corrected chi connectivity index (χ4v) is 2.15. The Morgan fingerprint density at radius 2 is 1.54 bits per heavy atom. The summed E-state index contributed by atoms with van der Waals surface area (Å²) in [4.78, 5) is 12.2. The highest BCUT2D eigenvalue weighted by Crippen LogP contribution is 2.35. The van der Waals surface area contributed by atoms with Crippen LogP contribution >= 0.6 is 0 Å². The van der Waals surface area contributed by atoms with Gasteiger partial charge in [0.05, 0.1) is 33.0 Å². The molecule has 5 nitrogen and oxygen atoms in total. The summed E-state index contributed by atoms with van der Waals surface area (Å²) >= 11 is 0. The normalized spacial score (nSPS) is 10.2. The van der Waals surface area contributed by atoms with Gasteiger partial charge in [-0.2, -0.15) is 5.26 Å². The van der Waals surface area contributed by atoms with Gasteiger partial charge >= 0.3 is 0 Å². The average molecular weight is 323 g/mol. The van der Waals surface area contributed by atoms with Gasteiger partial charge in [0, 0.05) is 17.2 Å². The Kier molecular flexibility index (Phi) is 5.58. The molecule has 0 heterocycles. The molecule has 5 heteroatoms. The van der Waals surface area contributed by atoms with Crippen LogP contribution in [0.5, 0.6) is 17.2 Å². The fourth-order valence-electron chi connectivity index (χ4n) is 2.15. The number of ketones is 1. The number of nitriles is 1. The molecule has 0 fully saturated rings. The van der Waals surface area contributed by atoms with Crippen LogP contribution in [0.3, 0.4) is 0 Å². The fraction of sp³-hybridized carbons (Fsp3) is 0.158. The zero-order valence-corrected chi connectivity index (χ0v) is 13.7. The van der Waals surface area contributed by atoms with E-state index in [0.717, 1.165) is 0 Å². The Morgan fingerprint density at radius 1 is 0.958 bits per heavy atom. The molecule has 0 saturated heterocycles. The molecule has 0 amide bonds. The minimum atomic E-state index is -0.170. The number of carbonyl (C=O) groups is 1. The van der Waals surface area contributed by atoms with Crippen LogP contribution in [0.4, 0.5) is 0 Å². The summed E-state index contributed by atoms with van der Waals surface area (Å²) < 4.78 is 15.8. The summed E-state index contributed by atoms with van der Waals surface area (Å²) in [6.07, 6.45) is 3.10. The molecule has 0 unspecified atom stereocenters. The van der Waals surface area contributed by atoms with Crippen LogP contribution in [-0.2, 0) is 0 Å². The summed E-state index contributed by atoms with van der Waals surface area (Å²) in [6.45, 7) is 0. The number of hydrogen-bond donors (Lipinski definition) is 0. The van der Waals surface area contributed by atoms with E-state index in [4.69, 9.17) is 19.5 Å². The Bertz CT molecular complexity index is 801. The number of ether oxygens (including phenoxy) is 3. The lowest BCUT2D eigenvalue weighted by atomic mass is 10.1. The van der Waals surface area contributed by atoms with Crippen molar-refractivity contribution in [2.24, 2.45) is 0 Å². The monoisotopic (exact) mass is 323 g/mol. The Morgan fingerprint density at radius 3 is 2.08 bits per heavy atom. The second-order valence-corrected chi connectivity index (χ2v) is 4.84. The maximum Gasteiger partial charge on any atom is 0.185 e. The first-order chi connectivity index (χ1) is 11.6. The van der Waals surface area contributed by atoms with Crippen molar-refractivity contribution < 1.29 is 19.0 Å². The van der Waals surface area contributed by atoms with Gasteiger partial charge in [0.25, 0.3) is 0 Å².